The van der Waals surface area contributed by atoms with E-state index in [4.69, 9.17) is 21.1 Å². The Bertz CT molecular complexity index is 1090. The van der Waals surface area contributed by atoms with Crippen LogP contribution in [0.4, 0.5) is 5.69 Å². The molecule has 5 atom stereocenters. The number of nitrogens with zero attached hydrogens (tertiary/aromatic N) is 2. The Labute approximate surface area is 215 Å². The first-order valence-electron chi connectivity index (χ1n) is 12.7. The fourth-order valence-electron chi connectivity index (χ4n) is 5.95. The molecule has 5 rings (SSSR count). The molecule has 4 aliphatic rings. The molecule has 0 saturated carbocycles. The number of aliphatic hydroxyl groups excluding tert-OH is 1. The molecular formula is C27H31ClN2O6. The second-order valence-electron chi connectivity index (χ2n) is 9.70. The highest BCUT2D eigenvalue weighted by Gasteiger charge is 2.71. The number of benzene rings is 1. The summed E-state index contributed by atoms with van der Waals surface area (Å²) in [6, 6.07) is 6.16. The number of esters is 1. The predicted molar refractivity (Wildman–Crippen MR) is 133 cm³/mol. The maximum absolute atomic E-state index is 14.2. The molecule has 2 fully saturated rings. The number of rotatable bonds is 6. The number of ether oxygens (including phenoxy) is 2. The van der Waals surface area contributed by atoms with Gasteiger partial charge in [-0.25, -0.2) is 0 Å². The Hall–Kier alpha value is -2.68. The number of carbonyl (C=O) groups excluding carboxylic acids is 3. The van der Waals surface area contributed by atoms with Crippen molar-refractivity contribution in [3.8, 4) is 0 Å². The summed E-state index contributed by atoms with van der Waals surface area (Å²) in [5.74, 6) is -2.74. The number of carbonyl (C=O) groups is 3. The fraction of sp³-hybridized carbons (Fsp3) is 0.519. The van der Waals surface area contributed by atoms with Crippen molar-refractivity contribution in [2.75, 3.05) is 31.2 Å². The first-order chi connectivity index (χ1) is 17.5. The summed E-state index contributed by atoms with van der Waals surface area (Å²) in [6.07, 6.45) is 10.2. The number of para-hydroxylation sites is 1. The minimum Gasteiger partial charge on any atom is -0.465 e. The molecule has 4 heterocycles. The maximum atomic E-state index is 14.2. The fourth-order valence-corrected chi connectivity index (χ4v) is 6.19. The Kier molecular flexibility index (Phi) is 7.19. The number of hydrogen-bond acceptors (Lipinski definition) is 6. The molecule has 36 heavy (non-hydrogen) atoms. The average molecular weight is 515 g/mol. The molecule has 1 aromatic rings. The van der Waals surface area contributed by atoms with E-state index in [-0.39, 0.29) is 31.6 Å². The normalized spacial score (nSPS) is 32.7. The van der Waals surface area contributed by atoms with Crippen molar-refractivity contribution in [1.29, 1.82) is 0 Å². The number of unbranched alkanes of at least 4 members (excludes halogenated alkanes) is 2. The van der Waals surface area contributed by atoms with Gasteiger partial charge in [-0.1, -0.05) is 48.0 Å². The third-order valence-electron chi connectivity index (χ3n) is 7.55. The molecule has 4 aliphatic heterocycles. The van der Waals surface area contributed by atoms with E-state index in [0.29, 0.717) is 42.9 Å². The molecule has 1 unspecified atom stereocenters. The lowest BCUT2D eigenvalue weighted by molar-refractivity contribution is -0.154. The molecule has 0 radical (unpaired) electrons. The Morgan fingerprint density at radius 1 is 1.08 bits per heavy atom. The number of allylic oxidation sites excluding steroid dienone is 1. The van der Waals surface area contributed by atoms with Gasteiger partial charge in [-0.15, -0.1) is 0 Å². The third kappa shape index (κ3) is 4.15. The number of fused-ring (bicyclic) bond motifs is 2. The number of aliphatic hydroxyl groups is 1. The Morgan fingerprint density at radius 3 is 2.72 bits per heavy atom. The van der Waals surface area contributed by atoms with Gasteiger partial charge in [0.05, 0.1) is 29.3 Å². The second kappa shape index (κ2) is 10.4. The van der Waals surface area contributed by atoms with Gasteiger partial charge in [0, 0.05) is 19.7 Å². The van der Waals surface area contributed by atoms with Crippen molar-refractivity contribution >= 4 is 35.1 Å². The van der Waals surface area contributed by atoms with E-state index in [0.717, 1.165) is 6.42 Å². The van der Waals surface area contributed by atoms with Crippen LogP contribution in [0.1, 0.15) is 32.1 Å². The van der Waals surface area contributed by atoms with E-state index in [1.807, 2.05) is 30.4 Å². The third-order valence-corrected chi connectivity index (χ3v) is 7.87. The van der Waals surface area contributed by atoms with Gasteiger partial charge < -0.3 is 24.4 Å². The van der Waals surface area contributed by atoms with Crippen LogP contribution in [0.3, 0.4) is 0 Å². The van der Waals surface area contributed by atoms with Crippen LogP contribution in [-0.2, 0) is 23.9 Å². The zero-order valence-electron chi connectivity index (χ0n) is 20.1. The molecule has 0 aliphatic carbocycles. The van der Waals surface area contributed by atoms with Crippen LogP contribution in [0.15, 0.2) is 48.6 Å². The van der Waals surface area contributed by atoms with E-state index in [9.17, 15) is 19.5 Å². The molecule has 1 N–H and O–H groups in total. The van der Waals surface area contributed by atoms with Crippen LogP contribution in [0, 0.1) is 11.8 Å². The van der Waals surface area contributed by atoms with Crippen LogP contribution in [-0.4, -0.2) is 71.8 Å². The minimum atomic E-state index is -1.29. The van der Waals surface area contributed by atoms with Crippen molar-refractivity contribution in [2.24, 2.45) is 11.8 Å². The average Bonchev–Trinajstić information content (AvgIpc) is 3.27. The molecule has 0 aromatic heterocycles. The van der Waals surface area contributed by atoms with Crippen molar-refractivity contribution in [3.63, 3.8) is 0 Å². The second-order valence-corrected chi connectivity index (χ2v) is 10.1. The summed E-state index contributed by atoms with van der Waals surface area (Å²) in [5.41, 5.74) is -0.735. The lowest BCUT2D eigenvalue weighted by Gasteiger charge is -2.35. The zero-order valence-corrected chi connectivity index (χ0v) is 20.8. The highest BCUT2D eigenvalue weighted by molar-refractivity contribution is 6.34. The number of halogens is 1. The molecule has 9 heteroatoms. The topological polar surface area (TPSA) is 96.4 Å². The lowest BCUT2D eigenvalue weighted by Crippen LogP contribution is -2.55. The van der Waals surface area contributed by atoms with Crippen LogP contribution in [0.2, 0.25) is 5.02 Å². The number of anilines is 1. The van der Waals surface area contributed by atoms with E-state index < -0.39 is 35.6 Å². The van der Waals surface area contributed by atoms with Gasteiger partial charge in [-0.2, -0.15) is 0 Å². The number of amides is 2. The molecule has 2 saturated heterocycles. The van der Waals surface area contributed by atoms with Gasteiger partial charge in [-0.05, 0) is 44.2 Å². The van der Waals surface area contributed by atoms with Crippen molar-refractivity contribution in [2.45, 2.75) is 49.9 Å². The van der Waals surface area contributed by atoms with Crippen molar-refractivity contribution in [1.82, 2.24) is 4.90 Å². The number of likely N-dealkylation sites (tertiary alicyclic amines) is 1. The molecule has 2 amide bonds. The van der Waals surface area contributed by atoms with Gasteiger partial charge in [0.2, 0.25) is 5.91 Å². The van der Waals surface area contributed by atoms with Gasteiger partial charge in [0.25, 0.3) is 5.91 Å². The SMILES string of the molecule is O=C1OCCC/C=C\[C@@H]2O[C@]34C=CCN(c5ccccc5Cl)C(=O)C3N(CCCCCO)C(=O)[C@@H]4[C@H]12. The molecule has 1 aromatic carbocycles. The van der Waals surface area contributed by atoms with Crippen molar-refractivity contribution in [3.05, 3.63) is 53.6 Å². The largest absolute Gasteiger partial charge is 0.465 e. The van der Waals surface area contributed by atoms with E-state index >= 15 is 0 Å². The molecule has 0 bridgehead atoms. The lowest BCUT2D eigenvalue weighted by atomic mass is 9.78. The van der Waals surface area contributed by atoms with E-state index in [1.165, 1.54) is 0 Å². The minimum absolute atomic E-state index is 0.0664. The van der Waals surface area contributed by atoms with Crippen molar-refractivity contribution < 1.29 is 29.0 Å². The van der Waals surface area contributed by atoms with Gasteiger partial charge in [0.15, 0.2) is 0 Å². The molecular weight excluding hydrogens is 484 g/mol. The zero-order chi connectivity index (χ0) is 25.3. The van der Waals surface area contributed by atoms with Gasteiger partial charge in [-0.3, -0.25) is 14.4 Å². The van der Waals surface area contributed by atoms with Crippen LogP contribution in [0.25, 0.3) is 0 Å². The van der Waals surface area contributed by atoms with Gasteiger partial charge in [0.1, 0.15) is 17.6 Å². The van der Waals surface area contributed by atoms with E-state index in [1.54, 1.807) is 28.0 Å². The Morgan fingerprint density at radius 2 is 1.92 bits per heavy atom. The first-order valence-corrected chi connectivity index (χ1v) is 13.0. The smallest absolute Gasteiger partial charge is 0.312 e. The van der Waals surface area contributed by atoms with Gasteiger partial charge >= 0.3 is 5.97 Å². The predicted octanol–water partition coefficient (Wildman–Crippen LogP) is 2.88. The summed E-state index contributed by atoms with van der Waals surface area (Å²) in [4.78, 5) is 44.6. The summed E-state index contributed by atoms with van der Waals surface area (Å²) >= 11 is 6.46. The Balaban J connectivity index is 1.57. The summed E-state index contributed by atoms with van der Waals surface area (Å²) < 4.78 is 12.1. The monoisotopic (exact) mass is 514 g/mol. The summed E-state index contributed by atoms with van der Waals surface area (Å²) in [5, 5.41) is 9.62. The van der Waals surface area contributed by atoms with Crippen LogP contribution in [0.5, 0.6) is 0 Å². The molecule has 192 valence electrons. The van der Waals surface area contributed by atoms with Crippen LogP contribution < -0.4 is 4.90 Å². The first kappa shape index (κ1) is 25.0. The maximum Gasteiger partial charge on any atom is 0.312 e. The van der Waals surface area contributed by atoms with Crippen LogP contribution >= 0.6 is 11.6 Å². The van der Waals surface area contributed by atoms with E-state index in [2.05, 4.69) is 0 Å². The summed E-state index contributed by atoms with van der Waals surface area (Å²) in [6.45, 7) is 0.934. The molecule has 8 nitrogen and oxygen atoms in total. The highest BCUT2D eigenvalue weighted by Crippen LogP contribution is 2.53. The quantitative estimate of drug-likeness (QED) is 0.356. The molecule has 1 spiro atoms. The number of hydrogen-bond donors (Lipinski definition) is 1. The standard InChI is InChI=1S/C27H31ClN2O6/c28-18-10-4-5-11-19(18)29-15-9-13-27-22(21-20(36-27)12-3-1-8-17-35-26(21)34)24(32)30(23(27)25(29)33)14-6-2-7-16-31/h3-5,9-13,20-23,31H,1-2,6-8,14-17H2/b12-3-/t20-,21+,22-,23?,27-/m0/s1. The highest BCUT2D eigenvalue weighted by atomic mass is 35.5. The number of cyclic esters (lactones) is 1. The summed E-state index contributed by atoms with van der Waals surface area (Å²) in [7, 11) is 0.